The summed E-state index contributed by atoms with van der Waals surface area (Å²) in [6.07, 6.45) is 4.95. The van der Waals surface area contributed by atoms with Crippen LogP contribution in [0.1, 0.15) is 20.8 Å². The third-order valence-electron chi connectivity index (χ3n) is 1.30. The molecule has 14 heavy (non-hydrogen) atoms. The molecule has 2 N–H and O–H groups in total. The Bertz CT molecular complexity index is 203. The molecule has 0 spiro atoms. The van der Waals surface area contributed by atoms with E-state index in [2.05, 4.69) is 12.7 Å². The number of alkyl halides is 1. The summed E-state index contributed by atoms with van der Waals surface area (Å²) < 4.78 is 9.50. The van der Waals surface area contributed by atoms with Gasteiger partial charge in [0.15, 0.2) is 0 Å². The monoisotopic (exact) mass is 273 g/mol. The van der Waals surface area contributed by atoms with Gasteiger partial charge < -0.3 is 5.73 Å². The van der Waals surface area contributed by atoms with Crippen LogP contribution < -0.4 is 5.73 Å². The van der Waals surface area contributed by atoms with E-state index in [4.69, 9.17) is 5.73 Å². The first-order valence-electron chi connectivity index (χ1n) is 4.07. The Balaban J connectivity index is -0.000000376. The topological polar surface area (TPSA) is 26.0 Å². The summed E-state index contributed by atoms with van der Waals surface area (Å²) in [5.41, 5.74) is 8.76. The number of hydrogen-bond donors (Lipinski definition) is 1. The maximum atomic E-state index is 9.50. The van der Waals surface area contributed by atoms with Crippen molar-refractivity contribution in [3.8, 4) is 0 Å². The largest absolute Gasteiger partial charge is 0.328 e. The third-order valence-corrected chi connectivity index (χ3v) is 1.30. The second kappa shape index (κ2) is 13.2. The van der Waals surface area contributed by atoms with Gasteiger partial charge in [0.25, 0.3) is 0 Å². The molecule has 0 heterocycles. The predicted molar refractivity (Wildman–Crippen MR) is 57.1 cm³/mol. The van der Waals surface area contributed by atoms with Crippen LogP contribution in [0.25, 0.3) is 0 Å². The smallest absolute Gasteiger partial charge is 0.0785 e. The van der Waals surface area contributed by atoms with E-state index in [0.29, 0.717) is 13.7 Å². The van der Waals surface area contributed by atoms with Crippen LogP contribution >= 0.6 is 0 Å². The summed E-state index contributed by atoms with van der Waals surface area (Å²) in [4.78, 5) is 0. The number of halogens is 1. The predicted octanol–water partition coefficient (Wildman–Crippen LogP) is 2.80. The molecule has 0 aliphatic heterocycles. The van der Waals surface area contributed by atoms with E-state index < -0.39 is 0 Å². The molecule has 0 aromatic rings. The van der Waals surface area contributed by atoms with Gasteiger partial charge in [0, 0.05) is 32.7 Å². The SMILES string of the molecule is C=C(C)C=[C-]C(CN)=C(C)C.CF.[Y]. The second-order valence-corrected chi connectivity index (χ2v) is 2.82. The van der Waals surface area contributed by atoms with E-state index in [0.717, 1.165) is 11.1 Å². The summed E-state index contributed by atoms with van der Waals surface area (Å²) >= 11 is 0. The summed E-state index contributed by atoms with van der Waals surface area (Å²) in [6.45, 7) is 10.3. The van der Waals surface area contributed by atoms with Gasteiger partial charge in [-0.25, -0.2) is 0 Å². The van der Waals surface area contributed by atoms with Gasteiger partial charge in [-0.05, 0) is 6.54 Å². The number of nitrogens with two attached hydrogens (primary N) is 1. The molecule has 79 valence electrons. The molecule has 0 saturated heterocycles. The van der Waals surface area contributed by atoms with Crippen molar-refractivity contribution in [2.45, 2.75) is 20.8 Å². The average Bonchev–Trinajstić information content (AvgIpc) is 2.08. The number of hydrogen-bond acceptors (Lipinski definition) is 1. The first-order valence-corrected chi connectivity index (χ1v) is 4.07. The fourth-order valence-corrected chi connectivity index (χ4v) is 0.618. The Morgan fingerprint density at radius 3 is 2.00 bits per heavy atom. The Morgan fingerprint density at radius 1 is 1.36 bits per heavy atom. The maximum Gasteiger partial charge on any atom is 0.0785 e. The van der Waals surface area contributed by atoms with Crippen LogP contribution in [0.5, 0.6) is 0 Å². The van der Waals surface area contributed by atoms with Gasteiger partial charge in [0.2, 0.25) is 0 Å². The van der Waals surface area contributed by atoms with Crippen molar-refractivity contribution >= 4 is 0 Å². The molecule has 0 aliphatic rings. The molecule has 0 saturated carbocycles. The third kappa shape index (κ3) is 12.2. The minimum Gasteiger partial charge on any atom is -0.328 e. The summed E-state index contributed by atoms with van der Waals surface area (Å²) in [6, 6.07) is 0. The van der Waals surface area contributed by atoms with Gasteiger partial charge in [-0.1, -0.05) is 20.8 Å². The first kappa shape index (κ1) is 19.7. The van der Waals surface area contributed by atoms with Crippen molar-refractivity contribution in [1.29, 1.82) is 0 Å². The average molecular weight is 273 g/mol. The van der Waals surface area contributed by atoms with Crippen LogP contribution in [0.2, 0.25) is 0 Å². The van der Waals surface area contributed by atoms with Crippen LogP contribution in [0.15, 0.2) is 29.4 Å². The van der Waals surface area contributed by atoms with Gasteiger partial charge in [0.1, 0.15) is 0 Å². The minimum absolute atomic E-state index is 0. The van der Waals surface area contributed by atoms with E-state index in [9.17, 15) is 4.39 Å². The van der Waals surface area contributed by atoms with Gasteiger partial charge in [-0.3, -0.25) is 4.39 Å². The Hall–Kier alpha value is 0.214. The molecular weight excluding hydrogens is 254 g/mol. The van der Waals surface area contributed by atoms with Gasteiger partial charge in [-0.2, -0.15) is 29.9 Å². The zero-order chi connectivity index (χ0) is 10.9. The standard InChI is InChI=1S/C10H16N.CH3F.Y/c1-8(2)5-6-10(7-11)9(3)4;1-2;/h5H,1,7,11H2,2-4H3;1H3;/q-1;;. The van der Waals surface area contributed by atoms with E-state index >= 15 is 0 Å². The molecular formula is C11H19FNY-. The molecule has 0 fully saturated rings. The molecule has 0 aliphatic carbocycles. The van der Waals surface area contributed by atoms with Crippen molar-refractivity contribution in [2.24, 2.45) is 5.73 Å². The molecule has 1 nitrogen and oxygen atoms in total. The van der Waals surface area contributed by atoms with Crippen molar-refractivity contribution in [3.63, 3.8) is 0 Å². The summed E-state index contributed by atoms with van der Waals surface area (Å²) in [7, 11) is 0.500. The van der Waals surface area contributed by atoms with Crippen LogP contribution in [-0.4, -0.2) is 13.7 Å². The maximum absolute atomic E-state index is 9.50. The zero-order valence-corrected chi connectivity index (χ0v) is 12.4. The molecule has 0 amide bonds. The zero-order valence-electron chi connectivity index (χ0n) is 9.52. The van der Waals surface area contributed by atoms with E-state index in [1.807, 2.05) is 26.8 Å². The fourth-order valence-electron chi connectivity index (χ4n) is 0.618. The molecule has 1 radical (unpaired) electrons. The molecule has 0 bridgehead atoms. The Kier molecular flexibility index (Phi) is 18.6. The first-order chi connectivity index (χ1) is 6.07. The Labute approximate surface area is 112 Å². The summed E-state index contributed by atoms with van der Waals surface area (Å²) in [5.74, 6) is 0. The molecule has 0 atom stereocenters. The van der Waals surface area contributed by atoms with Crippen LogP contribution in [0.3, 0.4) is 0 Å². The van der Waals surface area contributed by atoms with Crippen molar-refractivity contribution in [1.82, 2.24) is 0 Å². The second-order valence-electron chi connectivity index (χ2n) is 2.82. The van der Waals surface area contributed by atoms with Crippen LogP contribution in [-0.2, 0) is 32.7 Å². The van der Waals surface area contributed by atoms with Crippen molar-refractivity contribution < 1.29 is 37.1 Å². The normalized spacial score (nSPS) is 8.43. The van der Waals surface area contributed by atoms with Crippen molar-refractivity contribution in [3.05, 3.63) is 35.5 Å². The van der Waals surface area contributed by atoms with Gasteiger partial charge in [-0.15, -0.1) is 5.57 Å². The minimum atomic E-state index is 0. The van der Waals surface area contributed by atoms with E-state index in [1.165, 1.54) is 5.57 Å². The molecule has 3 heteroatoms. The molecule has 0 aromatic heterocycles. The van der Waals surface area contributed by atoms with Crippen LogP contribution in [0, 0.1) is 6.08 Å². The van der Waals surface area contributed by atoms with Gasteiger partial charge >= 0.3 is 0 Å². The number of rotatable bonds is 3. The quantitative estimate of drug-likeness (QED) is 0.621. The number of allylic oxidation sites excluding steroid dienone is 3. The van der Waals surface area contributed by atoms with E-state index in [1.54, 1.807) is 0 Å². The van der Waals surface area contributed by atoms with E-state index in [-0.39, 0.29) is 32.7 Å². The molecule has 0 rings (SSSR count). The molecule has 0 unspecified atom stereocenters. The fraction of sp³-hybridized carbons (Fsp3) is 0.455. The van der Waals surface area contributed by atoms with Crippen LogP contribution in [0.4, 0.5) is 4.39 Å². The Morgan fingerprint density at radius 2 is 1.79 bits per heavy atom. The summed E-state index contributed by atoms with van der Waals surface area (Å²) in [5, 5.41) is 0. The van der Waals surface area contributed by atoms with Gasteiger partial charge in [0.05, 0.1) is 7.18 Å². The molecule has 0 aromatic carbocycles. The van der Waals surface area contributed by atoms with Crippen molar-refractivity contribution in [2.75, 3.05) is 13.7 Å².